The monoisotopic (exact) mass is 392 g/mol. The third kappa shape index (κ3) is 8.85. The van der Waals surface area contributed by atoms with Gasteiger partial charge in [0.05, 0.1) is 0 Å². The van der Waals surface area contributed by atoms with E-state index in [1.165, 1.54) is 26.7 Å². The molecule has 2 aromatic rings. The first-order valence-electron chi connectivity index (χ1n) is 5.67. The molecular weight excluding hydrogens is 376 g/mol. The Morgan fingerprint density at radius 3 is 1.84 bits per heavy atom. The average Bonchev–Trinajstić information content (AvgIpc) is 2.24. The number of hydrogen-bond donors (Lipinski definition) is 0. The second-order valence-corrected chi connectivity index (χ2v) is 5.16. The van der Waals surface area contributed by atoms with Gasteiger partial charge in [-0.25, -0.2) is 0 Å². The van der Waals surface area contributed by atoms with Gasteiger partial charge in [-0.3, -0.25) is 0 Å². The van der Waals surface area contributed by atoms with Crippen LogP contribution in [-0.2, 0) is 0 Å². The maximum atomic E-state index is 3.43. The molecule has 0 aromatic heterocycles. The fourth-order valence-corrected chi connectivity index (χ4v) is 1.78. The minimum Gasteiger partial charge on any atom is -1.00 e. The summed E-state index contributed by atoms with van der Waals surface area (Å²) in [7, 11) is 0. The van der Waals surface area contributed by atoms with Crippen LogP contribution < -0.4 is 17.0 Å². The van der Waals surface area contributed by atoms with E-state index in [2.05, 4.69) is 67.0 Å². The van der Waals surface area contributed by atoms with Gasteiger partial charge in [0.1, 0.15) is 0 Å². The van der Waals surface area contributed by atoms with Gasteiger partial charge in [0.15, 0.2) is 0 Å². The van der Waals surface area contributed by atoms with Gasteiger partial charge in [0.25, 0.3) is 0 Å². The van der Waals surface area contributed by atoms with Crippen molar-refractivity contribution in [3.8, 4) is 0 Å². The van der Waals surface area contributed by atoms with E-state index in [0.29, 0.717) is 0 Å². The first-order valence-corrected chi connectivity index (χ1v) is 6.46. The summed E-state index contributed by atoms with van der Waals surface area (Å²) in [5.74, 6) is 0. The van der Waals surface area contributed by atoms with Gasteiger partial charge in [0, 0.05) is 4.47 Å². The van der Waals surface area contributed by atoms with Crippen LogP contribution in [0.25, 0.3) is 0 Å². The number of aryl methyl sites for hydroxylation is 4. The Balaban J connectivity index is 0. The minimum absolute atomic E-state index is 0. The Hall–Kier alpha value is 0.166. The van der Waals surface area contributed by atoms with Gasteiger partial charge in [-0.1, -0.05) is 47.5 Å². The Kier molecular flexibility index (Phi) is 12.3. The van der Waals surface area contributed by atoms with Crippen LogP contribution in [0.15, 0.2) is 40.9 Å². The third-order valence-corrected chi connectivity index (χ3v) is 3.30. The van der Waals surface area contributed by atoms with E-state index in [9.17, 15) is 0 Å². The molecular formula is C16H18Br2Mg. The largest absolute Gasteiger partial charge is 2.00 e. The summed E-state index contributed by atoms with van der Waals surface area (Å²) >= 11 is 3.43. The quantitative estimate of drug-likeness (QED) is 0.472. The fourth-order valence-electron chi connectivity index (χ4n) is 1.53. The summed E-state index contributed by atoms with van der Waals surface area (Å²) in [4.78, 5) is 0. The molecule has 19 heavy (non-hydrogen) atoms. The summed E-state index contributed by atoms with van der Waals surface area (Å²) in [5, 5.41) is 0. The number of hydrogen-bond acceptors (Lipinski definition) is 0. The molecule has 0 saturated heterocycles. The van der Waals surface area contributed by atoms with Crippen molar-refractivity contribution in [3.05, 3.63) is 69.2 Å². The molecule has 0 saturated carbocycles. The first-order chi connectivity index (χ1) is 7.99. The van der Waals surface area contributed by atoms with Crippen molar-refractivity contribution >= 4 is 39.0 Å². The molecule has 0 fully saturated rings. The predicted octanol–water partition coefficient (Wildman–Crippen LogP) is 1.79. The maximum absolute atomic E-state index is 3.43. The molecule has 2 aromatic carbocycles. The predicted molar refractivity (Wildman–Crippen MR) is 84.1 cm³/mol. The SMILES string of the molecule is Cc1[c-]ccc(C)c1.Cc1ccc(Br)c(C)c1.[Br-].[Mg+2]. The minimum atomic E-state index is 0. The molecule has 0 aliphatic heterocycles. The molecule has 0 atom stereocenters. The summed E-state index contributed by atoms with van der Waals surface area (Å²) in [6.07, 6.45) is 0. The molecule has 3 heteroatoms. The summed E-state index contributed by atoms with van der Waals surface area (Å²) in [6, 6.07) is 15.5. The topological polar surface area (TPSA) is 0 Å². The smallest absolute Gasteiger partial charge is 1.00 e. The molecule has 0 radical (unpaired) electrons. The van der Waals surface area contributed by atoms with Gasteiger partial charge in [-0.2, -0.15) is 35.4 Å². The van der Waals surface area contributed by atoms with Crippen LogP contribution in [0.4, 0.5) is 0 Å². The Bertz CT molecular complexity index is 479. The van der Waals surface area contributed by atoms with E-state index in [1.54, 1.807) is 0 Å². The molecule has 0 unspecified atom stereocenters. The van der Waals surface area contributed by atoms with E-state index in [0.717, 1.165) is 0 Å². The van der Waals surface area contributed by atoms with Crippen molar-refractivity contribution in [1.29, 1.82) is 0 Å². The maximum Gasteiger partial charge on any atom is 2.00 e. The third-order valence-electron chi connectivity index (χ3n) is 2.41. The normalized spacial score (nSPS) is 8.47. The van der Waals surface area contributed by atoms with Crippen LogP contribution in [0, 0.1) is 33.8 Å². The van der Waals surface area contributed by atoms with Crippen LogP contribution in [0.5, 0.6) is 0 Å². The van der Waals surface area contributed by atoms with Gasteiger partial charge in [0.2, 0.25) is 0 Å². The average molecular weight is 394 g/mol. The number of benzene rings is 2. The van der Waals surface area contributed by atoms with Crippen molar-refractivity contribution in [3.63, 3.8) is 0 Å². The van der Waals surface area contributed by atoms with Crippen LogP contribution >= 0.6 is 15.9 Å². The molecule has 0 N–H and O–H groups in total. The van der Waals surface area contributed by atoms with E-state index in [-0.39, 0.29) is 40.0 Å². The molecule has 0 spiro atoms. The molecule has 0 heterocycles. The van der Waals surface area contributed by atoms with E-state index < -0.39 is 0 Å². The summed E-state index contributed by atoms with van der Waals surface area (Å²) in [5.41, 5.74) is 5.14. The van der Waals surface area contributed by atoms with Crippen LogP contribution in [0.3, 0.4) is 0 Å². The van der Waals surface area contributed by atoms with E-state index >= 15 is 0 Å². The second kappa shape index (κ2) is 10.9. The van der Waals surface area contributed by atoms with E-state index in [1.807, 2.05) is 19.1 Å². The molecule has 0 aliphatic carbocycles. The van der Waals surface area contributed by atoms with Crippen molar-refractivity contribution in [1.82, 2.24) is 0 Å². The van der Waals surface area contributed by atoms with Crippen molar-refractivity contribution < 1.29 is 17.0 Å². The zero-order chi connectivity index (χ0) is 12.8. The molecule has 0 nitrogen and oxygen atoms in total. The first kappa shape index (κ1) is 21.5. The van der Waals surface area contributed by atoms with Crippen LogP contribution in [-0.4, -0.2) is 23.1 Å². The van der Waals surface area contributed by atoms with Crippen LogP contribution in [0.2, 0.25) is 0 Å². The van der Waals surface area contributed by atoms with Gasteiger partial charge < -0.3 is 17.0 Å². The van der Waals surface area contributed by atoms with Crippen molar-refractivity contribution in [2.45, 2.75) is 27.7 Å². The van der Waals surface area contributed by atoms with Gasteiger partial charge in [-0.15, -0.1) is 0 Å². The second-order valence-electron chi connectivity index (χ2n) is 4.30. The fraction of sp³-hybridized carbons (Fsp3) is 0.250. The van der Waals surface area contributed by atoms with E-state index in [4.69, 9.17) is 0 Å². The van der Waals surface area contributed by atoms with Crippen molar-refractivity contribution in [2.24, 2.45) is 0 Å². The van der Waals surface area contributed by atoms with Crippen LogP contribution in [0.1, 0.15) is 22.3 Å². The van der Waals surface area contributed by atoms with Crippen molar-refractivity contribution in [2.75, 3.05) is 0 Å². The van der Waals surface area contributed by atoms with Gasteiger partial charge in [-0.05, 0) is 25.5 Å². The Morgan fingerprint density at radius 1 is 0.895 bits per heavy atom. The number of rotatable bonds is 0. The summed E-state index contributed by atoms with van der Waals surface area (Å²) < 4.78 is 1.19. The summed E-state index contributed by atoms with van der Waals surface area (Å²) in [6.45, 7) is 8.32. The van der Waals surface area contributed by atoms with Gasteiger partial charge >= 0.3 is 23.1 Å². The zero-order valence-corrected chi connectivity index (χ0v) is 16.5. The Labute approximate surface area is 152 Å². The zero-order valence-electron chi connectivity index (χ0n) is 11.9. The molecule has 2 rings (SSSR count). The molecule has 98 valence electrons. The Morgan fingerprint density at radius 2 is 1.47 bits per heavy atom. The number of halogens is 2. The standard InChI is InChI=1S/C8H9Br.C8H9.BrH.Mg/c1-6-3-4-8(9)7(2)5-6;1-7-4-3-5-8(2)6-7;;/h3-5H,1-2H3;3-4,6H,1-2H3;1H;/q;-1;;+2/p-1. The molecule has 0 aliphatic rings. The molecule has 0 amide bonds. The molecule has 0 bridgehead atoms.